The SMILES string of the molecule is CCNC(=NCC(C)(C)c1cccs1)NCC1CCCO1. The number of nitrogens with zero attached hydrogens (tertiary/aromatic N) is 1. The van der Waals surface area contributed by atoms with E-state index < -0.39 is 0 Å². The molecule has 2 N–H and O–H groups in total. The Morgan fingerprint density at radius 3 is 2.95 bits per heavy atom. The van der Waals surface area contributed by atoms with Crippen molar-refractivity contribution in [1.82, 2.24) is 10.6 Å². The van der Waals surface area contributed by atoms with E-state index >= 15 is 0 Å². The van der Waals surface area contributed by atoms with Crippen LogP contribution in [-0.2, 0) is 10.2 Å². The molecular formula is C16H27N3OS. The van der Waals surface area contributed by atoms with Crippen LogP contribution in [0.2, 0.25) is 0 Å². The molecule has 1 aliphatic heterocycles. The summed E-state index contributed by atoms with van der Waals surface area (Å²) >= 11 is 1.80. The lowest BCUT2D eigenvalue weighted by Gasteiger charge is -2.22. The second-order valence-electron chi connectivity index (χ2n) is 6.07. The molecule has 1 unspecified atom stereocenters. The summed E-state index contributed by atoms with van der Waals surface area (Å²) in [6.07, 6.45) is 2.65. The lowest BCUT2D eigenvalue weighted by molar-refractivity contribution is 0.114. The molecule has 0 aromatic carbocycles. The van der Waals surface area contributed by atoms with Crippen LogP contribution in [0.3, 0.4) is 0 Å². The maximum atomic E-state index is 5.64. The molecule has 1 fully saturated rings. The van der Waals surface area contributed by atoms with Crippen LogP contribution in [0, 0.1) is 0 Å². The number of hydrogen-bond acceptors (Lipinski definition) is 3. The lowest BCUT2D eigenvalue weighted by atomic mass is 9.92. The first-order valence-electron chi connectivity index (χ1n) is 7.79. The van der Waals surface area contributed by atoms with Crippen LogP contribution in [0.5, 0.6) is 0 Å². The third-order valence-electron chi connectivity index (χ3n) is 3.69. The maximum Gasteiger partial charge on any atom is 0.191 e. The van der Waals surface area contributed by atoms with Crippen LogP contribution in [0.15, 0.2) is 22.5 Å². The number of guanidine groups is 1. The number of ether oxygens (including phenoxy) is 1. The molecule has 4 nitrogen and oxygen atoms in total. The van der Waals surface area contributed by atoms with E-state index in [1.807, 2.05) is 0 Å². The molecule has 1 atom stereocenters. The normalized spacial score (nSPS) is 19.8. The predicted molar refractivity (Wildman–Crippen MR) is 90.3 cm³/mol. The molecule has 1 aliphatic rings. The van der Waals surface area contributed by atoms with Crippen LogP contribution >= 0.6 is 11.3 Å². The lowest BCUT2D eigenvalue weighted by Crippen LogP contribution is -2.41. The van der Waals surface area contributed by atoms with Crippen LogP contribution < -0.4 is 10.6 Å². The van der Waals surface area contributed by atoms with Gasteiger partial charge in [-0.3, -0.25) is 4.99 Å². The Morgan fingerprint density at radius 2 is 2.33 bits per heavy atom. The smallest absolute Gasteiger partial charge is 0.191 e. The first-order valence-corrected chi connectivity index (χ1v) is 8.67. The van der Waals surface area contributed by atoms with E-state index in [9.17, 15) is 0 Å². The van der Waals surface area contributed by atoms with E-state index in [0.717, 1.165) is 38.6 Å². The zero-order valence-electron chi connectivity index (χ0n) is 13.3. The first-order chi connectivity index (χ1) is 10.1. The molecule has 118 valence electrons. The number of rotatable bonds is 6. The van der Waals surface area contributed by atoms with Crippen LogP contribution in [0.1, 0.15) is 38.5 Å². The zero-order chi connectivity index (χ0) is 15.1. The molecule has 2 rings (SSSR count). The van der Waals surface area contributed by atoms with Crippen molar-refractivity contribution in [2.45, 2.75) is 45.1 Å². The summed E-state index contributed by atoms with van der Waals surface area (Å²) in [6, 6.07) is 4.29. The second kappa shape index (κ2) is 7.80. The van der Waals surface area contributed by atoms with Gasteiger partial charge in [-0.1, -0.05) is 19.9 Å². The number of hydrogen-bond donors (Lipinski definition) is 2. The van der Waals surface area contributed by atoms with Crippen molar-refractivity contribution < 1.29 is 4.74 Å². The van der Waals surface area contributed by atoms with Gasteiger partial charge in [0.05, 0.1) is 12.6 Å². The fourth-order valence-corrected chi connectivity index (χ4v) is 3.22. The van der Waals surface area contributed by atoms with Gasteiger partial charge in [0.15, 0.2) is 5.96 Å². The average molecular weight is 309 g/mol. The third kappa shape index (κ3) is 5.00. The van der Waals surface area contributed by atoms with Gasteiger partial charge in [-0.05, 0) is 31.2 Å². The van der Waals surface area contributed by atoms with Gasteiger partial charge < -0.3 is 15.4 Å². The van der Waals surface area contributed by atoms with Crippen LogP contribution in [0.25, 0.3) is 0 Å². The van der Waals surface area contributed by atoms with E-state index in [0.29, 0.717) is 6.10 Å². The van der Waals surface area contributed by atoms with Gasteiger partial charge in [-0.25, -0.2) is 0 Å². The van der Waals surface area contributed by atoms with Crippen molar-refractivity contribution in [2.24, 2.45) is 4.99 Å². The highest BCUT2D eigenvalue weighted by Crippen LogP contribution is 2.27. The minimum absolute atomic E-state index is 0.0698. The molecule has 0 spiro atoms. The van der Waals surface area contributed by atoms with E-state index in [-0.39, 0.29) is 5.41 Å². The summed E-state index contributed by atoms with van der Waals surface area (Å²) in [5, 5.41) is 8.84. The highest BCUT2D eigenvalue weighted by molar-refractivity contribution is 7.10. The molecule has 0 radical (unpaired) electrons. The molecule has 0 saturated carbocycles. The van der Waals surface area contributed by atoms with Crippen LogP contribution in [0.4, 0.5) is 0 Å². The van der Waals surface area contributed by atoms with Crippen molar-refractivity contribution in [3.8, 4) is 0 Å². The van der Waals surface area contributed by atoms with Crippen molar-refractivity contribution in [1.29, 1.82) is 0 Å². The summed E-state index contributed by atoms with van der Waals surface area (Å²) in [7, 11) is 0. The Hall–Kier alpha value is -1.07. The molecule has 5 heteroatoms. The molecule has 2 heterocycles. The molecule has 0 bridgehead atoms. The first kappa shape index (κ1) is 16.3. The van der Waals surface area contributed by atoms with Gasteiger partial charge in [-0.15, -0.1) is 11.3 Å². The monoisotopic (exact) mass is 309 g/mol. The van der Waals surface area contributed by atoms with Gasteiger partial charge in [0.1, 0.15) is 0 Å². The minimum atomic E-state index is 0.0698. The molecule has 1 aromatic rings. The Bertz CT molecular complexity index is 436. The molecule has 21 heavy (non-hydrogen) atoms. The van der Waals surface area contributed by atoms with Gasteiger partial charge >= 0.3 is 0 Å². The molecular weight excluding hydrogens is 282 g/mol. The predicted octanol–water partition coefficient (Wildman–Crippen LogP) is 2.76. The fraction of sp³-hybridized carbons (Fsp3) is 0.688. The molecule has 0 amide bonds. The van der Waals surface area contributed by atoms with Gasteiger partial charge in [0.2, 0.25) is 0 Å². The van der Waals surface area contributed by atoms with E-state index in [1.54, 1.807) is 11.3 Å². The Balaban J connectivity index is 1.90. The Labute approximate surface area is 132 Å². The van der Waals surface area contributed by atoms with Gasteiger partial charge in [0, 0.05) is 30.0 Å². The summed E-state index contributed by atoms with van der Waals surface area (Å²) in [5.41, 5.74) is 0.0698. The van der Waals surface area contributed by atoms with E-state index in [4.69, 9.17) is 9.73 Å². The van der Waals surface area contributed by atoms with Gasteiger partial charge in [-0.2, -0.15) is 0 Å². The van der Waals surface area contributed by atoms with Crippen molar-refractivity contribution >= 4 is 17.3 Å². The number of aliphatic imine (C=N–C) groups is 1. The fourth-order valence-electron chi connectivity index (χ4n) is 2.38. The standard InChI is InChI=1S/C16H27N3OS/c1-4-17-15(18-11-13-7-5-9-20-13)19-12-16(2,3)14-8-6-10-21-14/h6,8,10,13H,4-5,7,9,11-12H2,1-3H3,(H2,17,18,19). The molecule has 1 aromatic heterocycles. The summed E-state index contributed by atoms with van der Waals surface area (Å²) in [4.78, 5) is 6.12. The highest BCUT2D eigenvalue weighted by Gasteiger charge is 2.22. The number of nitrogens with one attached hydrogen (secondary N) is 2. The molecule has 1 saturated heterocycles. The van der Waals surface area contributed by atoms with E-state index in [1.165, 1.54) is 11.3 Å². The number of thiophene rings is 1. The maximum absolute atomic E-state index is 5.64. The Morgan fingerprint density at radius 1 is 1.48 bits per heavy atom. The highest BCUT2D eigenvalue weighted by atomic mass is 32.1. The summed E-state index contributed by atoms with van der Waals surface area (Å²) in [6.45, 7) is 9.95. The van der Waals surface area contributed by atoms with Crippen molar-refractivity contribution in [3.05, 3.63) is 22.4 Å². The van der Waals surface area contributed by atoms with Gasteiger partial charge in [0.25, 0.3) is 0 Å². The summed E-state index contributed by atoms with van der Waals surface area (Å²) < 4.78 is 5.64. The Kier molecular flexibility index (Phi) is 6.06. The second-order valence-corrected chi connectivity index (χ2v) is 7.02. The topological polar surface area (TPSA) is 45.7 Å². The van der Waals surface area contributed by atoms with Crippen molar-refractivity contribution in [3.63, 3.8) is 0 Å². The minimum Gasteiger partial charge on any atom is -0.376 e. The quantitative estimate of drug-likeness (QED) is 0.627. The van der Waals surface area contributed by atoms with Crippen molar-refractivity contribution in [2.75, 3.05) is 26.2 Å². The van der Waals surface area contributed by atoms with E-state index in [2.05, 4.69) is 48.9 Å². The largest absolute Gasteiger partial charge is 0.376 e. The average Bonchev–Trinajstić information content (AvgIpc) is 3.14. The van der Waals surface area contributed by atoms with Crippen LogP contribution in [-0.4, -0.2) is 38.3 Å². The zero-order valence-corrected chi connectivity index (χ0v) is 14.1. The third-order valence-corrected chi connectivity index (χ3v) is 4.92. The summed E-state index contributed by atoms with van der Waals surface area (Å²) in [5.74, 6) is 0.887. The molecule has 0 aliphatic carbocycles.